The van der Waals surface area contributed by atoms with Gasteiger partial charge in [0.15, 0.2) is 6.61 Å². The summed E-state index contributed by atoms with van der Waals surface area (Å²) in [6.07, 6.45) is 2.34. The standard InChI is InChI=1S/C22H22N2O6S/c1-2-13-24(18-9-4-3-5-10-18)31(28,29)19-11-6-8-17(15-19)22(27)30-16-21(26)23-14-7-12-20(23)25/h2-6,8-11,15H,1,7,12-14,16H2. The van der Waals surface area contributed by atoms with Crippen LogP contribution in [0.4, 0.5) is 5.69 Å². The van der Waals surface area contributed by atoms with Gasteiger partial charge in [0.1, 0.15) is 0 Å². The Labute approximate surface area is 180 Å². The fraction of sp³-hybridized carbons (Fsp3) is 0.227. The van der Waals surface area contributed by atoms with Crippen molar-refractivity contribution in [3.63, 3.8) is 0 Å². The summed E-state index contributed by atoms with van der Waals surface area (Å²) >= 11 is 0. The maximum absolute atomic E-state index is 13.2. The molecule has 2 aromatic carbocycles. The molecule has 1 aliphatic rings. The number of benzene rings is 2. The van der Waals surface area contributed by atoms with Crippen molar-refractivity contribution in [2.75, 3.05) is 24.0 Å². The topological polar surface area (TPSA) is 101 Å². The molecule has 2 amide bonds. The van der Waals surface area contributed by atoms with E-state index in [2.05, 4.69) is 6.58 Å². The first-order valence-corrected chi connectivity index (χ1v) is 11.1. The van der Waals surface area contributed by atoms with E-state index in [0.717, 1.165) is 4.90 Å². The summed E-state index contributed by atoms with van der Waals surface area (Å²) in [7, 11) is -3.99. The Bertz CT molecular complexity index is 1100. The number of amides is 2. The number of esters is 1. The lowest BCUT2D eigenvalue weighted by molar-refractivity contribution is -0.143. The van der Waals surface area contributed by atoms with Crippen LogP contribution in [0.15, 0.2) is 72.1 Å². The molecule has 0 aliphatic carbocycles. The molecule has 1 aliphatic heterocycles. The normalized spacial score (nSPS) is 13.7. The van der Waals surface area contributed by atoms with Crippen LogP contribution in [0.1, 0.15) is 23.2 Å². The predicted molar refractivity (Wildman–Crippen MR) is 114 cm³/mol. The van der Waals surface area contributed by atoms with Crippen LogP contribution < -0.4 is 4.31 Å². The Hall–Kier alpha value is -3.46. The Kier molecular flexibility index (Phi) is 6.86. The fourth-order valence-corrected chi connectivity index (χ4v) is 4.65. The molecule has 31 heavy (non-hydrogen) atoms. The minimum atomic E-state index is -3.99. The summed E-state index contributed by atoms with van der Waals surface area (Å²) in [5, 5.41) is 0. The van der Waals surface area contributed by atoms with Crippen LogP contribution in [0.3, 0.4) is 0 Å². The summed E-state index contributed by atoms with van der Waals surface area (Å²) in [6.45, 7) is 3.38. The number of carbonyl (C=O) groups is 3. The Morgan fingerprint density at radius 3 is 2.52 bits per heavy atom. The number of rotatable bonds is 8. The van der Waals surface area contributed by atoms with Crippen LogP contribution >= 0.6 is 0 Å². The zero-order valence-corrected chi connectivity index (χ0v) is 17.6. The maximum Gasteiger partial charge on any atom is 0.338 e. The summed E-state index contributed by atoms with van der Waals surface area (Å²) in [4.78, 5) is 37.0. The highest BCUT2D eigenvalue weighted by molar-refractivity contribution is 7.92. The van der Waals surface area contributed by atoms with Gasteiger partial charge in [-0.3, -0.25) is 18.8 Å². The molecule has 3 rings (SSSR count). The molecule has 9 heteroatoms. The maximum atomic E-state index is 13.2. The second-order valence-corrected chi connectivity index (χ2v) is 8.67. The molecule has 0 bridgehead atoms. The third-order valence-corrected chi connectivity index (χ3v) is 6.49. The van der Waals surface area contributed by atoms with Gasteiger partial charge in [0.2, 0.25) is 5.91 Å². The molecular weight excluding hydrogens is 420 g/mol. The second-order valence-electron chi connectivity index (χ2n) is 6.81. The van der Waals surface area contributed by atoms with Gasteiger partial charge in [-0.2, -0.15) is 0 Å². The predicted octanol–water partition coefficient (Wildman–Crippen LogP) is 2.37. The average molecular weight is 442 g/mol. The van der Waals surface area contributed by atoms with E-state index in [1.165, 1.54) is 34.6 Å². The zero-order chi connectivity index (χ0) is 22.4. The van der Waals surface area contributed by atoms with Gasteiger partial charge >= 0.3 is 5.97 Å². The molecule has 0 atom stereocenters. The summed E-state index contributed by atoms with van der Waals surface area (Å²) in [5.74, 6) is -1.75. The molecule has 1 heterocycles. The van der Waals surface area contributed by atoms with Crippen molar-refractivity contribution in [2.45, 2.75) is 17.7 Å². The SMILES string of the molecule is C=CCN(c1ccccc1)S(=O)(=O)c1cccc(C(=O)OCC(=O)N2CCCC2=O)c1. The van der Waals surface area contributed by atoms with Crippen LogP contribution in [0.5, 0.6) is 0 Å². The second kappa shape index (κ2) is 9.57. The molecule has 0 unspecified atom stereocenters. The minimum absolute atomic E-state index is 0.0201. The van der Waals surface area contributed by atoms with Crippen LogP contribution in [-0.4, -0.2) is 50.8 Å². The molecule has 0 radical (unpaired) electrons. The van der Waals surface area contributed by atoms with Crippen molar-refractivity contribution >= 4 is 33.5 Å². The van der Waals surface area contributed by atoms with E-state index in [9.17, 15) is 22.8 Å². The minimum Gasteiger partial charge on any atom is -0.452 e. The van der Waals surface area contributed by atoms with Crippen LogP contribution in [0.25, 0.3) is 0 Å². The number of para-hydroxylation sites is 1. The van der Waals surface area contributed by atoms with Gasteiger partial charge in [-0.25, -0.2) is 13.2 Å². The van der Waals surface area contributed by atoms with Crippen molar-refractivity contribution in [2.24, 2.45) is 0 Å². The van der Waals surface area contributed by atoms with E-state index in [1.807, 2.05) is 0 Å². The van der Waals surface area contributed by atoms with Gasteiger partial charge in [-0.05, 0) is 36.8 Å². The van der Waals surface area contributed by atoms with Crippen LogP contribution in [-0.2, 0) is 24.3 Å². The summed E-state index contributed by atoms with van der Waals surface area (Å²) in [5.41, 5.74) is 0.435. The van der Waals surface area contributed by atoms with E-state index in [0.29, 0.717) is 25.1 Å². The number of likely N-dealkylation sites (tertiary alicyclic amines) is 1. The number of ether oxygens (including phenoxy) is 1. The molecule has 1 fully saturated rings. The lowest BCUT2D eigenvalue weighted by Crippen LogP contribution is -2.35. The third-order valence-electron chi connectivity index (χ3n) is 4.70. The monoisotopic (exact) mass is 442 g/mol. The largest absolute Gasteiger partial charge is 0.452 e. The first kappa shape index (κ1) is 22.2. The molecular formula is C22H22N2O6S. The molecule has 0 spiro atoms. The number of hydrogen-bond acceptors (Lipinski definition) is 6. The Morgan fingerprint density at radius 2 is 1.87 bits per heavy atom. The number of nitrogens with zero attached hydrogens (tertiary/aromatic N) is 2. The molecule has 1 saturated heterocycles. The average Bonchev–Trinajstić information content (AvgIpc) is 3.22. The van der Waals surface area contributed by atoms with E-state index in [1.54, 1.807) is 30.3 Å². The van der Waals surface area contributed by atoms with Crippen molar-refractivity contribution in [1.29, 1.82) is 0 Å². The third kappa shape index (κ3) is 5.00. The molecule has 162 valence electrons. The van der Waals surface area contributed by atoms with Crippen molar-refractivity contribution in [3.05, 3.63) is 72.8 Å². The van der Waals surface area contributed by atoms with Crippen molar-refractivity contribution < 1.29 is 27.5 Å². The molecule has 0 aromatic heterocycles. The number of anilines is 1. The quantitative estimate of drug-likeness (QED) is 0.460. The summed E-state index contributed by atoms with van der Waals surface area (Å²) < 4.78 is 32.6. The van der Waals surface area contributed by atoms with Gasteiger partial charge in [-0.1, -0.05) is 30.3 Å². The number of hydrogen-bond donors (Lipinski definition) is 0. The van der Waals surface area contributed by atoms with Crippen LogP contribution in [0.2, 0.25) is 0 Å². The molecule has 0 N–H and O–H groups in total. The van der Waals surface area contributed by atoms with Crippen molar-refractivity contribution in [3.8, 4) is 0 Å². The molecule has 0 saturated carbocycles. The Balaban J connectivity index is 1.78. The first-order valence-electron chi connectivity index (χ1n) is 9.63. The lowest BCUT2D eigenvalue weighted by Gasteiger charge is -2.23. The molecule has 8 nitrogen and oxygen atoms in total. The van der Waals surface area contributed by atoms with Gasteiger partial charge in [0, 0.05) is 13.0 Å². The highest BCUT2D eigenvalue weighted by Gasteiger charge is 2.28. The Morgan fingerprint density at radius 1 is 1.13 bits per heavy atom. The number of sulfonamides is 1. The fourth-order valence-electron chi connectivity index (χ4n) is 3.16. The highest BCUT2D eigenvalue weighted by Crippen LogP contribution is 2.24. The van der Waals surface area contributed by atoms with E-state index in [4.69, 9.17) is 4.74 Å². The van der Waals surface area contributed by atoms with E-state index < -0.39 is 28.5 Å². The van der Waals surface area contributed by atoms with Crippen molar-refractivity contribution in [1.82, 2.24) is 4.90 Å². The van der Waals surface area contributed by atoms with E-state index >= 15 is 0 Å². The number of imide groups is 1. The first-order chi connectivity index (χ1) is 14.8. The molecule has 2 aromatic rings. The van der Waals surface area contributed by atoms with Gasteiger partial charge in [-0.15, -0.1) is 6.58 Å². The van der Waals surface area contributed by atoms with E-state index in [-0.39, 0.29) is 22.9 Å². The van der Waals surface area contributed by atoms with Gasteiger partial charge < -0.3 is 4.74 Å². The summed E-state index contributed by atoms with van der Waals surface area (Å²) in [6, 6.07) is 13.9. The lowest BCUT2D eigenvalue weighted by atomic mass is 10.2. The van der Waals surface area contributed by atoms with Crippen LogP contribution in [0, 0.1) is 0 Å². The van der Waals surface area contributed by atoms with Gasteiger partial charge in [0.25, 0.3) is 15.9 Å². The smallest absolute Gasteiger partial charge is 0.338 e. The van der Waals surface area contributed by atoms with Gasteiger partial charge in [0.05, 0.1) is 22.7 Å². The highest BCUT2D eigenvalue weighted by atomic mass is 32.2. The zero-order valence-electron chi connectivity index (χ0n) is 16.8. The number of carbonyl (C=O) groups excluding carboxylic acids is 3.